The van der Waals surface area contributed by atoms with Crippen molar-refractivity contribution in [3.63, 3.8) is 0 Å². The molecular weight excluding hydrogens is 268 g/mol. The fraction of sp³-hybridized carbons (Fsp3) is 0.267. The van der Waals surface area contributed by atoms with E-state index >= 15 is 0 Å². The van der Waals surface area contributed by atoms with Crippen molar-refractivity contribution in [2.24, 2.45) is 7.05 Å². The molecule has 0 unspecified atom stereocenters. The summed E-state index contributed by atoms with van der Waals surface area (Å²) in [6.45, 7) is 3.69. The van der Waals surface area contributed by atoms with Crippen molar-refractivity contribution in [1.82, 2.24) is 15.1 Å². The second kappa shape index (κ2) is 5.78. The van der Waals surface area contributed by atoms with Crippen LogP contribution in [0.4, 0.5) is 5.82 Å². The lowest BCUT2D eigenvalue weighted by atomic mass is 9.94. The van der Waals surface area contributed by atoms with Crippen LogP contribution in [-0.2, 0) is 22.2 Å². The van der Waals surface area contributed by atoms with Crippen LogP contribution in [0.5, 0.6) is 0 Å². The Hall–Kier alpha value is -2.63. The molecule has 2 amide bonds. The van der Waals surface area contributed by atoms with Gasteiger partial charge in [0.15, 0.2) is 0 Å². The molecule has 0 aliphatic carbocycles. The minimum absolute atomic E-state index is 0.465. The highest BCUT2D eigenvalue weighted by atomic mass is 16.2. The third-order valence-electron chi connectivity index (χ3n) is 3.19. The van der Waals surface area contributed by atoms with Crippen LogP contribution >= 0.6 is 0 Å². The van der Waals surface area contributed by atoms with Gasteiger partial charge in [-0.1, -0.05) is 30.3 Å². The molecule has 0 aliphatic rings. The average Bonchev–Trinajstić information content (AvgIpc) is 2.85. The second-order valence-electron chi connectivity index (χ2n) is 5.24. The number of nitrogens with zero attached hydrogens (tertiary/aromatic N) is 2. The molecule has 0 atom stereocenters. The topological polar surface area (TPSA) is 76.0 Å². The van der Waals surface area contributed by atoms with Gasteiger partial charge in [-0.3, -0.25) is 14.3 Å². The maximum absolute atomic E-state index is 12.0. The molecule has 21 heavy (non-hydrogen) atoms. The van der Waals surface area contributed by atoms with E-state index in [9.17, 15) is 9.59 Å². The molecule has 0 bridgehead atoms. The summed E-state index contributed by atoms with van der Waals surface area (Å²) < 4.78 is 1.48. The zero-order valence-corrected chi connectivity index (χ0v) is 12.3. The van der Waals surface area contributed by atoms with Crippen molar-refractivity contribution >= 4 is 17.6 Å². The van der Waals surface area contributed by atoms with Crippen molar-refractivity contribution in [2.75, 3.05) is 5.32 Å². The van der Waals surface area contributed by atoms with Crippen molar-refractivity contribution in [3.05, 3.63) is 48.2 Å². The van der Waals surface area contributed by atoms with Gasteiger partial charge in [-0.15, -0.1) is 0 Å². The van der Waals surface area contributed by atoms with E-state index in [0.29, 0.717) is 5.82 Å². The Balaban J connectivity index is 2.04. The molecule has 2 rings (SSSR count). The van der Waals surface area contributed by atoms with Gasteiger partial charge in [0.05, 0.1) is 11.7 Å². The summed E-state index contributed by atoms with van der Waals surface area (Å²) in [4.78, 5) is 23.9. The van der Waals surface area contributed by atoms with Crippen LogP contribution in [0.2, 0.25) is 0 Å². The van der Waals surface area contributed by atoms with Gasteiger partial charge in [-0.2, -0.15) is 5.10 Å². The fourth-order valence-electron chi connectivity index (χ4n) is 1.94. The zero-order valence-electron chi connectivity index (χ0n) is 12.3. The van der Waals surface area contributed by atoms with Gasteiger partial charge in [0.2, 0.25) is 0 Å². The lowest BCUT2D eigenvalue weighted by molar-refractivity contribution is -0.137. The van der Waals surface area contributed by atoms with Crippen molar-refractivity contribution < 1.29 is 9.59 Å². The fourth-order valence-corrected chi connectivity index (χ4v) is 1.94. The SMILES string of the molecule is Cn1nccc1NC(=O)C(=O)NC(C)(C)c1ccccc1. The van der Waals surface area contributed by atoms with Crippen LogP contribution in [0.3, 0.4) is 0 Å². The van der Waals surface area contributed by atoms with Crippen LogP contribution in [0.15, 0.2) is 42.6 Å². The third kappa shape index (κ3) is 3.47. The molecule has 0 saturated heterocycles. The first-order chi connectivity index (χ1) is 9.90. The molecule has 0 aliphatic heterocycles. The number of carbonyl (C=O) groups excluding carboxylic acids is 2. The average molecular weight is 286 g/mol. The summed E-state index contributed by atoms with van der Waals surface area (Å²) in [5.41, 5.74) is 0.286. The van der Waals surface area contributed by atoms with Crippen molar-refractivity contribution in [3.8, 4) is 0 Å². The van der Waals surface area contributed by atoms with E-state index in [0.717, 1.165) is 5.56 Å². The van der Waals surface area contributed by atoms with Gasteiger partial charge in [-0.05, 0) is 19.4 Å². The molecule has 2 N–H and O–H groups in total. The van der Waals surface area contributed by atoms with Gasteiger partial charge < -0.3 is 10.6 Å². The van der Waals surface area contributed by atoms with Crippen LogP contribution in [0.1, 0.15) is 19.4 Å². The summed E-state index contributed by atoms with van der Waals surface area (Å²) in [5, 5.41) is 9.16. The monoisotopic (exact) mass is 286 g/mol. The number of benzene rings is 1. The highest BCUT2D eigenvalue weighted by Gasteiger charge is 2.26. The maximum Gasteiger partial charge on any atom is 0.314 e. The smallest absolute Gasteiger partial charge is 0.314 e. The second-order valence-corrected chi connectivity index (χ2v) is 5.24. The minimum Gasteiger partial charge on any atom is -0.339 e. The lowest BCUT2D eigenvalue weighted by Gasteiger charge is -2.26. The summed E-state index contributed by atoms with van der Waals surface area (Å²) >= 11 is 0. The molecule has 1 aromatic carbocycles. The molecule has 0 radical (unpaired) electrons. The molecule has 1 aromatic heterocycles. The standard InChI is InChI=1S/C15H18N4O2/c1-15(2,11-7-5-4-6-8-11)18-14(21)13(20)17-12-9-10-16-19(12)3/h4-10H,1-3H3,(H,17,20)(H,18,21). The minimum atomic E-state index is -0.720. The number of hydrogen-bond acceptors (Lipinski definition) is 3. The Kier molecular flexibility index (Phi) is 4.07. The zero-order chi connectivity index (χ0) is 15.5. The van der Waals surface area contributed by atoms with E-state index in [4.69, 9.17) is 0 Å². The first-order valence-electron chi connectivity index (χ1n) is 6.57. The Morgan fingerprint density at radius 2 is 1.76 bits per heavy atom. The van der Waals surface area contributed by atoms with Gasteiger partial charge in [0, 0.05) is 13.1 Å². The Bertz CT molecular complexity index is 647. The molecule has 6 heteroatoms. The number of nitrogens with one attached hydrogen (secondary N) is 2. The van der Waals surface area contributed by atoms with E-state index in [1.54, 1.807) is 19.3 Å². The summed E-state index contributed by atoms with van der Waals surface area (Å²) in [5.74, 6) is -0.944. The summed E-state index contributed by atoms with van der Waals surface area (Å²) in [7, 11) is 1.68. The van der Waals surface area contributed by atoms with E-state index in [1.807, 2.05) is 44.2 Å². The number of carbonyl (C=O) groups is 2. The van der Waals surface area contributed by atoms with Crippen LogP contribution in [0.25, 0.3) is 0 Å². The number of anilines is 1. The van der Waals surface area contributed by atoms with E-state index in [1.165, 1.54) is 4.68 Å². The number of rotatable bonds is 3. The number of aromatic nitrogens is 2. The predicted octanol–water partition coefficient (Wildman–Crippen LogP) is 1.41. The summed E-state index contributed by atoms with van der Waals surface area (Å²) in [6.07, 6.45) is 1.54. The van der Waals surface area contributed by atoms with E-state index in [-0.39, 0.29) is 0 Å². The predicted molar refractivity (Wildman–Crippen MR) is 79.4 cm³/mol. The Morgan fingerprint density at radius 3 is 2.33 bits per heavy atom. The summed E-state index contributed by atoms with van der Waals surface area (Å²) in [6, 6.07) is 11.1. The van der Waals surface area contributed by atoms with Gasteiger partial charge in [-0.25, -0.2) is 0 Å². The highest BCUT2D eigenvalue weighted by molar-refractivity contribution is 6.39. The Morgan fingerprint density at radius 1 is 1.10 bits per heavy atom. The lowest BCUT2D eigenvalue weighted by Crippen LogP contribution is -2.46. The van der Waals surface area contributed by atoms with Crippen molar-refractivity contribution in [2.45, 2.75) is 19.4 Å². The Labute approximate surface area is 123 Å². The quantitative estimate of drug-likeness (QED) is 0.838. The van der Waals surface area contributed by atoms with Gasteiger partial charge >= 0.3 is 11.8 Å². The van der Waals surface area contributed by atoms with Crippen LogP contribution in [0, 0.1) is 0 Å². The molecule has 1 heterocycles. The maximum atomic E-state index is 12.0. The molecule has 110 valence electrons. The van der Waals surface area contributed by atoms with E-state index in [2.05, 4.69) is 15.7 Å². The first kappa shape index (κ1) is 14.8. The molecule has 0 saturated carbocycles. The van der Waals surface area contributed by atoms with E-state index < -0.39 is 17.4 Å². The van der Waals surface area contributed by atoms with Crippen LogP contribution < -0.4 is 10.6 Å². The molecule has 0 fully saturated rings. The van der Waals surface area contributed by atoms with Gasteiger partial charge in [0.25, 0.3) is 0 Å². The first-order valence-corrected chi connectivity index (χ1v) is 6.57. The largest absolute Gasteiger partial charge is 0.339 e. The van der Waals surface area contributed by atoms with Gasteiger partial charge in [0.1, 0.15) is 5.82 Å². The molecule has 0 spiro atoms. The molecular formula is C15H18N4O2. The van der Waals surface area contributed by atoms with Crippen LogP contribution in [-0.4, -0.2) is 21.6 Å². The highest BCUT2D eigenvalue weighted by Crippen LogP contribution is 2.19. The molecule has 6 nitrogen and oxygen atoms in total. The number of amides is 2. The number of aryl methyl sites for hydroxylation is 1. The van der Waals surface area contributed by atoms with Crippen molar-refractivity contribution in [1.29, 1.82) is 0 Å². The normalized spacial score (nSPS) is 11.0. The molecule has 2 aromatic rings. The number of hydrogen-bond donors (Lipinski definition) is 2. The third-order valence-corrected chi connectivity index (χ3v) is 3.19.